The number of benzene rings is 1. The Hall–Kier alpha value is -1.38. The van der Waals surface area contributed by atoms with Crippen molar-refractivity contribution in [2.75, 3.05) is 0 Å². The summed E-state index contributed by atoms with van der Waals surface area (Å²) in [6.45, 7) is 6.39. The van der Waals surface area contributed by atoms with Crippen LogP contribution in [0.2, 0.25) is 0 Å². The summed E-state index contributed by atoms with van der Waals surface area (Å²) in [5.41, 5.74) is 2.00. The van der Waals surface area contributed by atoms with Crippen LogP contribution >= 0.6 is 8.86 Å². The van der Waals surface area contributed by atoms with Crippen LogP contribution < -0.4 is 0 Å². The zero-order chi connectivity index (χ0) is 16.1. The first-order chi connectivity index (χ1) is 10.0. The van der Waals surface area contributed by atoms with Crippen molar-refractivity contribution in [1.82, 2.24) is 0 Å². The van der Waals surface area contributed by atoms with Crippen LogP contribution in [0, 0.1) is 10.8 Å². The second-order valence-electron chi connectivity index (χ2n) is 4.65. The first kappa shape index (κ1) is 19.6. The Morgan fingerprint density at radius 1 is 1.29 bits per heavy atom. The van der Waals surface area contributed by atoms with Gasteiger partial charge in [0.2, 0.25) is 0 Å². The Bertz CT molecular complexity index is 434. The molecule has 0 aliphatic carbocycles. The van der Waals surface area contributed by atoms with Gasteiger partial charge in [-0.15, -0.1) is 4.91 Å². The van der Waals surface area contributed by atoms with Crippen LogP contribution in [-0.4, -0.2) is 11.4 Å². The topological polar surface area (TPSA) is 55.7 Å². The highest BCUT2D eigenvalue weighted by Crippen LogP contribution is 2.11. The molecule has 0 aliphatic rings. The van der Waals surface area contributed by atoms with E-state index in [0.717, 1.165) is 24.7 Å². The van der Waals surface area contributed by atoms with Gasteiger partial charge in [-0.05, 0) is 25.3 Å². The molecule has 0 radical (unpaired) electrons. The second-order valence-corrected chi connectivity index (χ2v) is 5.36. The molecule has 0 saturated heterocycles. The van der Waals surface area contributed by atoms with Crippen molar-refractivity contribution >= 4 is 20.3 Å². The van der Waals surface area contributed by atoms with E-state index in [1.54, 1.807) is 0 Å². The zero-order valence-corrected chi connectivity index (χ0v) is 14.0. The molecule has 21 heavy (non-hydrogen) atoms. The lowest BCUT2D eigenvalue weighted by molar-refractivity contribution is -0.122. The van der Waals surface area contributed by atoms with Gasteiger partial charge in [-0.1, -0.05) is 59.5 Å². The van der Waals surface area contributed by atoms with E-state index in [-0.39, 0.29) is 5.92 Å². The van der Waals surface area contributed by atoms with Crippen LogP contribution in [0.15, 0.2) is 35.5 Å². The minimum atomic E-state index is -0.496. The lowest BCUT2D eigenvalue weighted by atomic mass is 10.0. The van der Waals surface area contributed by atoms with Gasteiger partial charge >= 0.3 is 0 Å². The molecule has 0 spiro atoms. The van der Waals surface area contributed by atoms with Gasteiger partial charge in [0.15, 0.2) is 0 Å². The van der Waals surface area contributed by atoms with Crippen LogP contribution in [0.1, 0.15) is 45.6 Å². The number of hydrogen-bond acceptors (Lipinski definition) is 3. The van der Waals surface area contributed by atoms with Crippen molar-refractivity contribution in [3.05, 3.63) is 40.8 Å². The van der Waals surface area contributed by atoms with Gasteiger partial charge in [-0.25, -0.2) is 0 Å². The SMILES string of the molecule is CC(=P)OCc1ccccc1.CCCC(CC)C(=O)N=O. The standard InChI is InChI=1S/C9H11OP.C7H13NO2/c1-8(11)10-7-9-5-3-2-4-6-9;1-3-5-6(4-2)7(9)8-10/h2-6,11H,7H2,1H3;6H,3-5H2,1-2H3. The van der Waals surface area contributed by atoms with E-state index < -0.39 is 5.91 Å². The number of hydrogen-bond donors (Lipinski definition) is 0. The van der Waals surface area contributed by atoms with Crippen LogP contribution in [-0.2, 0) is 16.1 Å². The maximum absolute atomic E-state index is 10.7. The van der Waals surface area contributed by atoms with E-state index in [9.17, 15) is 9.70 Å². The monoisotopic (exact) mass is 309 g/mol. The molecule has 0 bridgehead atoms. The predicted molar refractivity (Wildman–Crippen MR) is 89.7 cm³/mol. The minimum Gasteiger partial charge on any atom is -0.342 e. The molecule has 116 valence electrons. The maximum Gasteiger partial charge on any atom is 0.289 e. The Morgan fingerprint density at radius 2 is 1.90 bits per heavy atom. The predicted octanol–water partition coefficient (Wildman–Crippen LogP) is 4.60. The van der Waals surface area contributed by atoms with Crippen LogP contribution in [0.5, 0.6) is 0 Å². The zero-order valence-electron chi connectivity index (χ0n) is 13.0. The molecule has 1 unspecified atom stereocenters. The van der Waals surface area contributed by atoms with E-state index in [0.29, 0.717) is 6.61 Å². The smallest absolute Gasteiger partial charge is 0.289 e. The molecule has 1 aromatic carbocycles. The third-order valence-electron chi connectivity index (χ3n) is 2.87. The molecule has 0 aromatic heterocycles. The van der Waals surface area contributed by atoms with Crippen molar-refractivity contribution in [3.8, 4) is 0 Å². The van der Waals surface area contributed by atoms with Crippen molar-refractivity contribution < 1.29 is 9.53 Å². The van der Waals surface area contributed by atoms with Gasteiger partial charge in [0, 0.05) is 11.1 Å². The molecular weight excluding hydrogens is 285 g/mol. The molecule has 0 N–H and O–H groups in total. The molecule has 1 atom stereocenters. The van der Waals surface area contributed by atoms with Gasteiger partial charge < -0.3 is 4.74 Å². The second kappa shape index (κ2) is 12.4. The number of ether oxygens (including phenoxy) is 1. The van der Waals surface area contributed by atoms with Gasteiger partial charge in [0.1, 0.15) is 0 Å². The quantitative estimate of drug-likeness (QED) is 0.546. The summed E-state index contributed by atoms with van der Waals surface area (Å²) in [4.78, 5) is 20.4. The Morgan fingerprint density at radius 3 is 2.33 bits per heavy atom. The number of amides is 1. The first-order valence-corrected chi connectivity index (χ1v) is 7.64. The Kier molecular flexibility index (Phi) is 11.6. The summed E-state index contributed by atoms with van der Waals surface area (Å²) in [5, 5.41) is 2.39. The Balaban J connectivity index is 0.000000384. The van der Waals surface area contributed by atoms with Crippen LogP contribution in [0.3, 0.4) is 0 Å². The largest absolute Gasteiger partial charge is 0.342 e. The van der Waals surface area contributed by atoms with E-state index in [1.807, 2.05) is 51.1 Å². The van der Waals surface area contributed by atoms with Crippen molar-refractivity contribution in [2.24, 2.45) is 11.1 Å². The molecule has 0 saturated carbocycles. The van der Waals surface area contributed by atoms with Crippen molar-refractivity contribution in [3.63, 3.8) is 0 Å². The lowest BCUT2D eigenvalue weighted by Crippen LogP contribution is -2.09. The highest BCUT2D eigenvalue weighted by Gasteiger charge is 2.14. The highest BCUT2D eigenvalue weighted by atomic mass is 31.0. The highest BCUT2D eigenvalue weighted by molar-refractivity contribution is 7.20. The molecule has 4 nitrogen and oxygen atoms in total. The Labute approximate surface area is 129 Å². The molecule has 1 aromatic rings. The van der Waals surface area contributed by atoms with E-state index in [2.05, 4.69) is 14.0 Å². The first-order valence-electron chi connectivity index (χ1n) is 7.14. The number of carbonyl (C=O) groups excluding carboxylic acids is 1. The lowest BCUT2D eigenvalue weighted by Gasteiger charge is -2.04. The van der Waals surface area contributed by atoms with Gasteiger partial charge in [-0.2, -0.15) is 0 Å². The molecule has 5 heteroatoms. The van der Waals surface area contributed by atoms with E-state index in [1.165, 1.54) is 5.56 Å². The fourth-order valence-corrected chi connectivity index (χ4v) is 1.76. The summed E-state index contributed by atoms with van der Waals surface area (Å²) < 4.78 is 5.26. The van der Waals surface area contributed by atoms with Crippen molar-refractivity contribution in [1.29, 1.82) is 0 Å². The molecule has 1 rings (SSSR count). The van der Waals surface area contributed by atoms with Gasteiger partial charge in [0.05, 0.1) is 12.1 Å². The summed E-state index contributed by atoms with van der Waals surface area (Å²) >= 11 is 0. The molecule has 0 heterocycles. The average Bonchev–Trinajstić information content (AvgIpc) is 2.51. The number of carbonyl (C=O) groups is 1. The fraction of sp³-hybridized carbons (Fsp3) is 0.500. The number of rotatable bonds is 7. The number of nitrogens with zero attached hydrogens (tertiary/aromatic N) is 1. The fourth-order valence-electron chi connectivity index (χ4n) is 1.69. The van der Waals surface area contributed by atoms with E-state index in [4.69, 9.17) is 4.74 Å². The van der Waals surface area contributed by atoms with Gasteiger partial charge in [0.25, 0.3) is 5.91 Å². The van der Waals surface area contributed by atoms with Crippen molar-refractivity contribution in [2.45, 2.75) is 46.6 Å². The molecular formula is C16H24NO3P. The summed E-state index contributed by atoms with van der Waals surface area (Å²) in [6, 6.07) is 10.1. The van der Waals surface area contributed by atoms with Crippen LogP contribution in [0.25, 0.3) is 0 Å². The molecule has 0 aliphatic heterocycles. The maximum atomic E-state index is 10.7. The summed E-state index contributed by atoms with van der Waals surface area (Å²) in [5.74, 6) is -0.633. The normalized spacial score (nSPS) is 11.0. The third kappa shape index (κ3) is 10.1. The molecule has 0 fully saturated rings. The van der Waals surface area contributed by atoms with Crippen LogP contribution in [0.4, 0.5) is 0 Å². The van der Waals surface area contributed by atoms with E-state index >= 15 is 0 Å². The third-order valence-corrected chi connectivity index (χ3v) is 3.01. The summed E-state index contributed by atoms with van der Waals surface area (Å²) in [6.07, 6.45) is 2.43. The van der Waals surface area contributed by atoms with Gasteiger partial charge in [-0.3, -0.25) is 4.79 Å². The summed E-state index contributed by atoms with van der Waals surface area (Å²) in [7, 11) is 3.27. The average molecular weight is 309 g/mol. The molecule has 1 amide bonds. The number of nitroso groups, excluding NO2 is 1. The minimum absolute atomic E-state index is 0.137.